The summed E-state index contributed by atoms with van der Waals surface area (Å²) in [5, 5.41) is 9.03. The van der Waals surface area contributed by atoms with Crippen LogP contribution in [0.15, 0.2) is 36.4 Å². The molecule has 0 aliphatic rings. The fourth-order valence-corrected chi connectivity index (χ4v) is 1.96. The number of carboxylic acid groups (broad SMARTS) is 1. The lowest BCUT2D eigenvalue weighted by Crippen LogP contribution is -2.04. The summed E-state index contributed by atoms with van der Waals surface area (Å²) >= 11 is 0. The minimum Gasteiger partial charge on any atom is -0.493 e. The van der Waals surface area contributed by atoms with Crippen LogP contribution in [0.1, 0.15) is 29.9 Å². The molecule has 1 aromatic carbocycles. The second-order valence-corrected chi connectivity index (χ2v) is 5.37. The average molecular weight is 285 g/mol. The number of aryl methyl sites for hydroxylation is 1. The molecule has 4 heteroatoms. The number of ether oxygens (including phenoxy) is 1. The van der Waals surface area contributed by atoms with Gasteiger partial charge >= 0.3 is 5.97 Å². The van der Waals surface area contributed by atoms with E-state index >= 15 is 0 Å². The standard InChI is InChI=1S/C17H19NO3/c1-11(2)10-21-14-6-4-5-13(9-14)16-8-7-15(17(19)20)12(3)18-16/h4-9,11H,10H2,1-3H3,(H,19,20). The quantitative estimate of drug-likeness (QED) is 0.908. The Balaban J connectivity index is 2.27. The van der Waals surface area contributed by atoms with E-state index in [0.29, 0.717) is 18.2 Å². The van der Waals surface area contributed by atoms with Gasteiger partial charge in [0.2, 0.25) is 0 Å². The molecule has 0 fully saturated rings. The van der Waals surface area contributed by atoms with Crippen LogP contribution in [0.4, 0.5) is 0 Å². The smallest absolute Gasteiger partial charge is 0.337 e. The van der Waals surface area contributed by atoms with E-state index in [4.69, 9.17) is 9.84 Å². The van der Waals surface area contributed by atoms with Gasteiger partial charge in [0.15, 0.2) is 0 Å². The summed E-state index contributed by atoms with van der Waals surface area (Å²) in [6, 6.07) is 11.0. The van der Waals surface area contributed by atoms with E-state index in [1.807, 2.05) is 24.3 Å². The molecule has 0 amide bonds. The van der Waals surface area contributed by atoms with Crippen LogP contribution >= 0.6 is 0 Å². The van der Waals surface area contributed by atoms with Gasteiger partial charge in [-0.25, -0.2) is 4.79 Å². The predicted molar refractivity (Wildman–Crippen MR) is 81.7 cm³/mol. The Morgan fingerprint density at radius 2 is 2.05 bits per heavy atom. The Morgan fingerprint density at radius 3 is 2.67 bits per heavy atom. The summed E-state index contributed by atoms with van der Waals surface area (Å²) in [4.78, 5) is 15.4. The molecule has 0 bridgehead atoms. The van der Waals surface area contributed by atoms with Crippen molar-refractivity contribution in [2.24, 2.45) is 5.92 Å². The SMILES string of the molecule is Cc1nc(-c2cccc(OCC(C)C)c2)ccc1C(=O)O. The van der Waals surface area contributed by atoms with Crippen molar-refractivity contribution in [3.8, 4) is 17.0 Å². The van der Waals surface area contributed by atoms with E-state index in [1.165, 1.54) is 0 Å². The third kappa shape index (κ3) is 3.81. The largest absolute Gasteiger partial charge is 0.493 e. The summed E-state index contributed by atoms with van der Waals surface area (Å²) in [5.74, 6) is 0.299. The van der Waals surface area contributed by atoms with Gasteiger partial charge < -0.3 is 9.84 Å². The third-order valence-corrected chi connectivity index (χ3v) is 3.03. The number of rotatable bonds is 5. The second-order valence-electron chi connectivity index (χ2n) is 5.37. The van der Waals surface area contributed by atoms with Crippen LogP contribution < -0.4 is 4.74 Å². The van der Waals surface area contributed by atoms with E-state index in [1.54, 1.807) is 19.1 Å². The molecular formula is C17H19NO3. The number of pyridine rings is 1. The summed E-state index contributed by atoms with van der Waals surface area (Å²) < 4.78 is 5.70. The fraction of sp³-hybridized carbons (Fsp3) is 0.294. The van der Waals surface area contributed by atoms with Crippen LogP contribution in [0.3, 0.4) is 0 Å². The van der Waals surface area contributed by atoms with E-state index in [9.17, 15) is 4.79 Å². The van der Waals surface area contributed by atoms with Gasteiger partial charge in [-0.3, -0.25) is 4.98 Å². The van der Waals surface area contributed by atoms with Crippen molar-refractivity contribution in [1.82, 2.24) is 4.98 Å². The van der Waals surface area contributed by atoms with Gasteiger partial charge in [0.05, 0.1) is 23.6 Å². The van der Waals surface area contributed by atoms with Gasteiger partial charge in [0, 0.05) is 5.56 Å². The highest BCUT2D eigenvalue weighted by atomic mass is 16.5. The highest BCUT2D eigenvalue weighted by Gasteiger charge is 2.10. The van der Waals surface area contributed by atoms with Crippen molar-refractivity contribution in [3.63, 3.8) is 0 Å². The van der Waals surface area contributed by atoms with Gasteiger partial charge in [-0.15, -0.1) is 0 Å². The molecule has 1 heterocycles. The van der Waals surface area contributed by atoms with Crippen molar-refractivity contribution in [2.45, 2.75) is 20.8 Å². The molecule has 0 radical (unpaired) electrons. The number of carbonyl (C=O) groups is 1. The zero-order valence-corrected chi connectivity index (χ0v) is 12.5. The molecule has 4 nitrogen and oxygen atoms in total. The first-order chi connectivity index (χ1) is 9.97. The van der Waals surface area contributed by atoms with Crippen molar-refractivity contribution >= 4 is 5.97 Å². The predicted octanol–water partition coefficient (Wildman–Crippen LogP) is 3.79. The summed E-state index contributed by atoms with van der Waals surface area (Å²) in [6.07, 6.45) is 0. The Kier molecular flexibility index (Phi) is 4.58. The Morgan fingerprint density at radius 1 is 1.29 bits per heavy atom. The maximum atomic E-state index is 11.0. The lowest BCUT2D eigenvalue weighted by molar-refractivity contribution is 0.0695. The fourth-order valence-electron chi connectivity index (χ4n) is 1.96. The molecule has 0 saturated carbocycles. The zero-order valence-electron chi connectivity index (χ0n) is 12.5. The summed E-state index contributed by atoms with van der Waals surface area (Å²) in [5.41, 5.74) is 2.39. The number of carboxylic acids is 1. The normalized spacial score (nSPS) is 10.7. The van der Waals surface area contributed by atoms with E-state index in [-0.39, 0.29) is 5.56 Å². The Bertz CT molecular complexity index is 650. The monoisotopic (exact) mass is 285 g/mol. The topological polar surface area (TPSA) is 59.4 Å². The molecule has 0 aliphatic heterocycles. The van der Waals surface area contributed by atoms with Crippen molar-refractivity contribution in [1.29, 1.82) is 0 Å². The summed E-state index contributed by atoms with van der Waals surface area (Å²) in [7, 11) is 0. The van der Waals surface area contributed by atoms with Crippen molar-refractivity contribution in [2.75, 3.05) is 6.61 Å². The van der Waals surface area contributed by atoms with Crippen molar-refractivity contribution in [3.05, 3.63) is 47.7 Å². The number of aromatic carboxylic acids is 1. The second kappa shape index (κ2) is 6.39. The van der Waals surface area contributed by atoms with Crippen LogP contribution in [-0.4, -0.2) is 22.7 Å². The summed E-state index contributed by atoms with van der Waals surface area (Å²) in [6.45, 7) is 6.55. The number of nitrogens with zero attached hydrogens (tertiary/aromatic N) is 1. The first-order valence-electron chi connectivity index (χ1n) is 6.91. The highest BCUT2D eigenvalue weighted by Crippen LogP contribution is 2.23. The molecule has 0 unspecified atom stereocenters. The van der Waals surface area contributed by atoms with Crippen LogP contribution in [0.25, 0.3) is 11.3 Å². The first-order valence-corrected chi connectivity index (χ1v) is 6.91. The number of benzene rings is 1. The molecule has 1 aromatic heterocycles. The van der Waals surface area contributed by atoms with Gasteiger partial charge in [0.25, 0.3) is 0 Å². The van der Waals surface area contributed by atoms with E-state index in [0.717, 1.165) is 17.0 Å². The minimum atomic E-state index is -0.958. The first kappa shape index (κ1) is 15.0. The van der Waals surface area contributed by atoms with Gasteiger partial charge in [-0.05, 0) is 37.1 Å². The maximum Gasteiger partial charge on any atom is 0.337 e. The average Bonchev–Trinajstić information content (AvgIpc) is 2.45. The minimum absolute atomic E-state index is 0.228. The van der Waals surface area contributed by atoms with Gasteiger partial charge in [-0.2, -0.15) is 0 Å². The molecule has 2 rings (SSSR count). The molecule has 2 aromatic rings. The number of aromatic nitrogens is 1. The molecule has 110 valence electrons. The third-order valence-electron chi connectivity index (χ3n) is 3.03. The Labute approximate surface area is 124 Å². The molecule has 1 N–H and O–H groups in total. The molecular weight excluding hydrogens is 266 g/mol. The number of hydrogen-bond acceptors (Lipinski definition) is 3. The molecule has 0 atom stereocenters. The van der Waals surface area contributed by atoms with E-state index in [2.05, 4.69) is 18.8 Å². The van der Waals surface area contributed by atoms with Crippen LogP contribution in [0.2, 0.25) is 0 Å². The molecule has 21 heavy (non-hydrogen) atoms. The highest BCUT2D eigenvalue weighted by molar-refractivity contribution is 5.89. The molecule has 0 saturated heterocycles. The maximum absolute atomic E-state index is 11.0. The molecule has 0 aliphatic carbocycles. The van der Waals surface area contributed by atoms with Crippen molar-refractivity contribution < 1.29 is 14.6 Å². The lowest BCUT2D eigenvalue weighted by atomic mass is 10.1. The van der Waals surface area contributed by atoms with Crippen LogP contribution in [0, 0.1) is 12.8 Å². The zero-order chi connectivity index (χ0) is 15.4. The van der Waals surface area contributed by atoms with Crippen LogP contribution in [0.5, 0.6) is 5.75 Å². The number of hydrogen-bond donors (Lipinski definition) is 1. The Hall–Kier alpha value is -2.36. The van der Waals surface area contributed by atoms with Gasteiger partial charge in [0.1, 0.15) is 5.75 Å². The molecule has 0 spiro atoms. The van der Waals surface area contributed by atoms with Gasteiger partial charge in [-0.1, -0.05) is 26.0 Å². The van der Waals surface area contributed by atoms with Crippen LogP contribution in [-0.2, 0) is 0 Å². The van der Waals surface area contributed by atoms with E-state index < -0.39 is 5.97 Å². The lowest BCUT2D eigenvalue weighted by Gasteiger charge is -2.10.